The number of aryl methyl sites for hydroxylation is 1. The van der Waals surface area contributed by atoms with Gasteiger partial charge in [-0.3, -0.25) is 19.1 Å². The first-order valence-electron chi connectivity index (χ1n) is 9.69. The zero-order chi connectivity index (χ0) is 22.1. The molecule has 0 unspecified atom stereocenters. The maximum absolute atomic E-state index is 13.0. The molecule has 1 N–H and O–H groups in total. The summed E-state index contributed by atoms with van der Waals surface area (Å²) in [6, 6.07) is 17.9. The average molecular weight is 415 g/mol. The molecule has 156 valence electrons. The molecule has 0 fully saturated rings. The lowest BCUT2D eigenvalue weighted by atomic mass is 10.2. The van der Waals surface area contributed by atoms with Crippen LogP contribution in [0.5, 0.6) is 0 Å². The van der Waals surface area contributed by atoms with Gasteiger partial charge in [0.2, 0.25) is 5.43 Å². The van der Waals surface area contributed by atoms with E-state index in [1.165, 1.54) is 21.6 Å². The summed E-state index contributed by atoms with van der Waals surface area (Å²) < 4.78 is 4.56. The third kappa shape index (κ3) is 3.71. The molecule has 8 nitrogen and oxygen atoms in total. The highest BCUT2D eigenvalue weighted by Crippen LogP contribution is 2.14. The van der Waals surface area contributed by atoms with Crippen LogP contribution in [-0.4, -0.2) is 25.1 Å². The van der Waals surface area contributed by atoms with Crippen molar-refractivity contribution < 1.29 is 4.79 Å². The van der Waals surface area contributed by atoms with Gasteiger partial charge in [0.15, 0.2) is 5.69 Å². The van der Waals surface area contributed by atoms with Gasteiger partial charge in [0.25, 0.3) is 11.5 Å². The van der Waals surface area contributed by atoms with Crippen LogP contribution in [0.15, 0.2) is 76.4 Å². The molecule has 31 heavy (non-hydrogen) atoms. The Balaban J connectivity index is 1.71. The Kier molecular flexibility index (Phi) is 5.12. The lowest BCUT2D eigenvalue weighted by Gasteiger charge is -2.08. The minimum atomic E-state index is -0.738. The molecule has 4 aromatic rings. The van der Waals surface area contributed by atoms with Crippen LogP contribution >= 0.6 is 0 Å². The number of nitrogens with one attached hydrogen (secondary N) is 1. The van der Waals surface area contributed by atoms with Crippen LogP contribution in [0, 0.1) is 13.8 Å². The van der Waals surface area contributed by atoms with Gasteiger partial charge in [0, 0.05) is 19.3 Å². The summed E-state index contributed by atoms with van der Waals surface area (Å²) in [5, 5.41) is 6.78. The van der Waals surface area contributed by atoms with Crippen molar-refractivity contribution in [3.8, 4) is 11.4 Å². The van der Waals surface area contributed by atoms with E-state index in [-0.39, 0.29) is 11.4 Å². The molecule has 2 aromatic heterocycles. The fourth-order valence-corrected chi connectivity index (χ4v) is 3.29. The van der Waals surface area contributed by atoms with Crippen LogP contribution in [0.2, 0.25) is 0 Å². The second kappa shape index (κ2) is 7.91. The van der Waals surface area contributed by atoms with Gasteiger partial charge in [-0.15, -0.1) is 0 Å². The first-order valence-corrected chi connectivity index (χ1v) is 9.69. The quantitative estimate of drug-likeness (QED) is 0.555. The van der Waals surface area contributed by atoms with Crippen molar-refractivity contribution in [2.24, 2.45) is 7.05 Å². The molecule has 0 bridgehead atoms. The lowest BCUT2D eigenvalue weighted by molar-refractivity contribution is 0.101. The maximum Gasteiger partial charge on any atom is 0.295 e. The summed E-state index contributed by atoms with van der Waals surface area (Å²) in [5.74, 6) is -0.738. The lowest BCUT2D eigenvalue weighted by Crippen LogP contribution is -2.28. The van der Waals surface area contributed by atoms with Gasteiger partial charge in [-0.2, -0.15) is 5.10 Å². The number of nitrogens with zero attached hydrogens (tertiary/aromatic N) is 4. The van der Waals surface area contributed by atoms with Gasteiger partial charge in [-0.25, -0.2) is 9.36 Å². The van der Waals surface area contributed by atoms with Crippen LogP contribution in [0.3, 0.4) is 0 Å². The van der Waals surface area contributed by atoms with E-state index >= 15 is 0 Å². The fourth-order valence-electron chi connectivity index (χ4n) is 3.29. The summed E-state index contributed by atoms with van der Waals surface area (Å²) in [6.45, 7) is 3.69. The number of anilines is 1. The zero-order valence-corrected chi connectivity index (χ0v) is 17.4. The molecular weight excluding hydrogens is 394 g/mol. The predicted molar refractivity (Wildman–Crippen MR) is 118 cm³/mol. The first kappa shape index (κ1) is 20.1. The third-order valence-electron chi connectivity index (χ3n) is 5.11. The summed E-state index contributed by atoms with van der Waals surface area (Å²) in [5.41, 5.74) is 1.89. The van der Waals surface area contributed by atoms with Crippen molar-refractivity contribution in [1.82, 2.24) is 19.1 Å². The van der Waals surface area contributed by atoms with Gasteiger partial charge in [0.1, 0.15) is 5.69 Å². The molecule has 0 spiro atoms. The van der Waals surface area contributed by atoms with E-state index in [1.54, 1.807) is 30.8 Å². The van der Waals surface area contributed by atoms with Gasteiger partial charge in [-0.1, -0.05) is 35.9 Å². The summed E-state index contributed by atoms with van der Waals surface area (Å²) in [4.78, 5) is 38.2. The molecule has 0 saturated carbocycles. The number of amides is 1. The molecule has 8 heteroatoms. The van der Waals surface area contributed by atoms with Crippen LogP contribution in [0.4, 0.5) is 5.69 Å². The average Bonchev–Trinajstić information content (AvgIpc) is 2.98. The summed E-state index contributed by atoms with van der Waals surface area (Å²) in [6.07, 6.45) is 1.50. The highest BCUT2D eigenvalue weighted by Gasteiger charge is 2.21. The Bertz CT molecular complexity index is 1380. The number of hydrogen-bond donors (Lipinski definition) is 1. The summed E-state index contributed by atoms with van der Waals surface area (Å²) >= 11 is 0. The second-order valence-electron chi connectivity index (χ2n) is 7.20. The largest absolute Gasteiger partial charge is 0.314 e. The molecular formula is C23H21N5O3. The molecule has 2 aromatic carbocycles. The van der Waals surface area contributed by atoms with Crippen LogP contribution in [0.25, 0.3) is 11.4 Å². The molecule has 0 radical (unpaired) electrons. The van der Waals surface area contributed by atoms with Gasteiger partial charge < -0.3 is 5.32 Å². The van der Waals surface area contributed by atoms with Crippen molar-refractivity contribution in [1.29, 1.82) is 0 Å². The van der Waals surface area contributed by atoms with E-state index in [0.29, 0.717) is 17.1 Å². The number of benzene rings is 2. The Morgan fingerprint density at radius 2 is 1.58 bits per heavy atom. The molecule has 1 amide bonds. The Labute approximate surface area is 178 Å². The van der Waals surface area contributed by atoms with E-state index in [4.69, 9.17) is 0 Å². The van der Waals surface area contributed by atoms with Gasteiger partial charge in [0.05, 0.1) is 17.1 Å². The Hall–Kier alpha value is -4.20. The fraction of sp³-hybridized carbons (Fsp3) is 0.130. The van der Waals surface area contributed by atoms with E-state index < -0.39 is 16.9 Å². The highest BCUT2D eigenvalue weighted by atomic mass is 16.2. The molecule has 0 aliphatic heterocycles. The molecule has 0 aliphatic rings. The van der Waals surface area contributed by atoms with E-state index in [9.17, 15) is 14.4 Å². The van der Waals surface area contributed by atoms with Crippen LogP contribution < -0.4 is 16.3 Å². The maximum atomic E-state index is 13.0. The molecule has 0 saturated heterocycles. The number of hydrogen-bond acceptors (Lipinski definition) is 4. The number of aromatic nitrogens is 4. The zero-order valence-electron chi connectivity index (χ0n) is 17.4. The second-order valence-corrected chi connectivity index (χ2v) is 7.20. The van der Waals surface area contributed by atoms with Crippen LogP contribution in [0.1, 0.15) is 21.7 Å². The molecule has 0 atom stereocenters. The predicted octanol–water partition coefficient (Wildman–Crippen LogP) is 2.59. The first-order chi connectivity index (χ1) is 14.9. The number of carbonyl (C=O) groups is 1. The normalized spacial score (nSPS) is 10.8. The van der Waals surface area contributed by atoms with Crippen LogP contribution in [-0.2, 0) is 7.05 Å². The van der Waals surface area contributed by atoms with Gasteiger partial charge in [-0.05, 0) is 38.1 Å². The molecule has 4 rings (SSSR count). The van der Waals surface area contributed by atoms with E-state index in [0.717, 1.165) is 5.56 Å². The highest BCUT2D eigenvalue weighted by molar-refractivity contribution is 6.02. The third-order valence-corrected chi connectivity index (χ3v) is 5.11. The van der Waals surface area contributed by atoms with Crippen molar-refractivity contribution >= 4 is 11.6 Å². The van der Waals surface area contributed by atoms with Crippen molar-refractivity contribution in [3.05, 3.63) is 104 Å². The van der Waals surface area contributed by atoms with Gasteiger partial charge >= 0.3 is 0 Å². The van der Waals surface area contributed by atoms with Crippen molar-refractivity contribution in [2.75, 3.05) is 5.32 Å². The monoisotopic (exact) mass is 415 g/mol. The Morgan fingerprint density at radius 1 is 0.903 bits per heavy atom. The number of carbonyl (C=O) groups excluding carboxylic acids is 1. The minimum Gasteiger partial charge on any atom is -0.314 e. The van der Waals surface area contributed by atoms with Crippen molar-refractivity contribution in [2.45, 2.75) is 13.8 Å². The molecule has 2 heterocycles. The smallest absolute Gasteiger partial charge is 0.295 e. The van der Waals surface area contributed by atoms with Crippen molar-refractivity contribution in [3.63, 3.8) is 0 Å². The van der Waals surface area contributed by atoms with E-state index in [2.05, 4.69) is 10.4 Å². The number of para-hydroxylation sites is 1. The molecule has 0 aliphatic carbocycles. The van der Waals surface area contributed by atoms with E-state index in [1.807, 2.05) is 49.4 Å². The minimum absolute atomic E-state index is 0.100. The number of rotatable bonds is 4. The SMILES string of the molecule is Cc1ccc(-n2ccc(=O)c(C(=O)Nc3c(C)n(C)n(-c4ccccc4)c3=O)n2)cc1. The topological polar surface area (TPSA) is 90.9 Å². The summed E-state index contributed by atoms with van der Waals surface area (Å²) in [7, 11) is 1.73. The standard InChI is InChI=1S/C23H21N5O3/c1-15-9-11-17(12-10-15)27-14-13-19(29)21(25-27)22(30)24-20-16(2)26(3)28(23(20)31)18-7-5-4-6-8-18/h4-14H,1-3H3,(H,24,30). The Morgan fingerprint density at radius 3 is 2.26 bits per heavy atom.